The van der Waals surface area contributed by atoms with Gasteiger partial charge in [0.1, 0.15) is 11.6 Å². The molecule has 0 fully saturated rings. The van der Waals surface area contributed by atoms with Crippen molar-refractivity contribution in [2.75, 3.05) is 0 Å². The van der Waals surface area contributed by atoms with Crippen LogP contribution in [0, 0.1) is 11.6 Å². The fraction of sp³-hybridized carbons (Fsp3) is 0.0870. The first-order chi connectivity index (χ1) is 14.1. The van der Waals surface area contributed by atoms with Gasteiger partial charge in [0, 0.05) is 23.7 Å². The first kappa shape index (κ1) is 17.4. The van der Waals surface area contributed by atoms with E-state index in [2.05, 4.69) is 9.97 Å². The van der Waals surface area contributed by atoms with Crippen LogP contribution in [0.4, 0.5) is 8.78 Å². The number of benzene rings is 2. The van der Waals surface area contributed by atoms with E-state index in [0.717, 1.165) is 17.7 Å². The molecule has 1 aliphatic rings. The molecular weight excluding hydrogens is 372 g/mol. The summed E-state index contributed by atoms with van der Waals surface area (Å²) in [5.74, 6) is -1.42. The Kier molecular flexibility index (Phi) is 4.05. The maximum atomic E-state index is 14.8. The Morgan fingerprint density at radius 2 is 1.79 bits per heavy atom. The van der Waals surface area contributed by atoms with Crippen molar-refractivity contribution in [3.05, 3.63) is 99.9 Å². The predicted octanol–water partition coefficient (Wildman–Crippen LogP) is 4.35. The summed E-state index contributed by atoms with van der Waals surface area (Å²) >= 11 is 0. The number of aromatic nitrogens is 3. The molecule has 2 heterocycles. The highest BCUT2D eigenvalue weighted by molar-refractivity contribution is 5.77. The summed E-state index contributed by atoms with van der Waals surface area (Å²) in [4.78, 5) is 21.2. The van der Waals surface area contributed by atoms with Crippen molar-refractivity contribution in [3.63, 3.8) is 0 Å². The summed E-state index contributed by atoms with van der Waals surface area (Å²) in [7, 11) is 0. The number of allylic oxidation sites excluding steroid dienone is 1. The van der Waals surface area contributed by atoms with E-state index >= 15 is 0 Å². The van der Waals surface area contributed by atoms with Gasteiger partial charge in [0.25, 0.3) is 5.56 Å². The van der Waals surface area contributed by atoms with Crippen LogP contribution in [0.2, 0.25) is 0 Å². The Morgan fingerprint density at radius 1 is 1.00 bits per heavy atom. The quantitative estimate of drug-likeness (QED) is 0.525. The van der Waals surface area contributed by atoms with Crippen LogP contribution in [0.3, 0.4) is 0 Å². The molecule has 2 aromatic carbocycles. The zero-order valence-electron chi connectivity index (χ0n) is 15.3. The minimum absolute atomic E-state index is 0.179. The molecule has 0 atom stereocenters. The van der Waals surface area contributed by atoms with E-state index in [-0.39, 0.29) is 17.7 Å². The van der Waals surface area contributed by atoms with Crippen LogP contribution in [0.1, 0.15) is 16.8 Å². The Bertz CT molecular complexity index is 1340. The molecule has 6 heteroatoms. The molecule has 0 saturated carbocycles. The fourth-order valence-electron chi connectivity index (χ4n) is 3.59. The van der Waals surface area contributed by atoms with E-state index in [4.69, 9.17) is 0 Å². The van der Waals surface area contributed by atoms with Gasteiger partial charge in [-0.15, -0.1) is 0 Å². The van der Waals surface area contributed by atoms with Crippen LogP contribution >= 0.6 is 0 Å². The summed E-state index contributed by atoms with van der Waals surface area (Å²) in [6.07, 6.45) is 7.66. The third-order valence-corrected chi connectivity index (χ3v) is 5.15. The van der Waals surface area contributed by atoms with Gasteiger partial charge in [0.05, 0.1) is 29.5 Å². The molecule has 4 nitrogen and oxygen atoms in total. The molecule has 1 aliphatic carbocycles. The average Bonchev–Trinajstić information content (AvgIpc) is 3.20. The van der Waals surface area contributed by atoms with Crippen LogP contribution in [0.5, 0.6) is 0 Å². The molecule has 0 bridgehead atoms. The second-order valence-electron chi connectivity index (χ2n) is 6.98. The zero-order valence-corrected chi connectivity index (χ0v) is 15.3. The number of hydrogen-bond donors (Lipinski definition) is 0. The van der Waals surface area contributed by atoms with Crippen molar-refractivity contribution in [3.8, 4) is 11.1 Å². The molecule has 29 heavy (non-hydrogen) atoms. The summed E-state index contributed by atoms with van der Waals surface area (Å²) in [6, 6.07) is 11.3. The standard InChI is InChI=1S/C23H15F2N3O/c24-19-9-15(16-8-14-4-3-7-21(14)26-11-16)10-20(25)18(19)12-28-13-27-22-6-2-1-5-17(22)23(28)29/h1-6,8-11,13H,7,12H2. The fourth-order valence-corrected chi connectivity index (χ4v) is 3.59. The van der Waals surface area contributed by atoms with E-state index in [0.29, 0.717) is 22.0 Å². The average molecular weight is 387 g/mol. The topological polar surface area (TPSA) is 47.8 Å². The molecule has 2 aromatic heterocycles. The van der Waals surface area contributed by atoms with E-state index < -0.39 is 11.6 Å². The lowest BCUT2D eigenvalue weighted by molar-refractivity contribution is 0.541. The monoisotopic (exact) mass is 387 g/mol. The van der Waals surface area contributed by atoms with Crippen molar-refractivity contribution in [1.29, 1.82) is 0 Å². The first-order valence-electron chi connectivity index (χ1n) is 9.18. The zero-order chi connectivity index (χ0) is 20.0. The maximum absolute atomic E-state index is 14.8. The minimum Gasteiger partial charge on any atom is -0.294 e. The number of hydrogen-bond acceptors (Lipinski definition) is 3. The Balaban J connectivity index is 1.53. The first-order valence-corrected chi connectivity index (χ1v) is 9.18. The second kappa shape index (κ2) is 6.74. The highest BCUT2D eigenvalue weighted by atomic mass is 19.1. The molecule has 5 rings (SSSR count). The molecule has 0 amide bonds. The van der Waals surface area contributed by atoms with Gasteiger partial charge >= 0.3 is 0 Å². The van der Waals surface area contributed by atoms with E-state index in [9.17, 15) is 13.6 Å². The van der Waals surface area contributed by atoms with Gasteiger partial charge in [-0.2, -0.15) is 0 Å². The number of para-hydroxylation sites is 1. The minimum atomic E-state index is -0.712. The van der Waals surface area contributed by atoms with Crippen molar-refractivity contribution < 1.29 is 8.78 Å². The molecule has 4 aromatic rings. The number of rotatable bonds is 3. The van der Waals surface area contributed by atoms with Gasteiger partial charge < -0.3 is 0 Å². The number of halogens is 2. The number of nitrogens with zero attached hydrogens (tertiary/aromatic N) is 3. The number of fused-ring (bicyclic) bond motifs is 2. The van der Waals surface area contributed by atoms with Gasteiger partial charge in [0.2, 0.25) is 0 Å². The van der Waals surface area contributed by atoms with E-state index in [1.807, 2.05) is 18.2 Å². The molecule has 0 unspecified atom stereocenters. The third kappa shape index (κ3) is 3.02. The normalized spacial score (nSPS) is 12.5. The van der Waals surface area contributed by atoms with E-state index in [1.165, 1.54) is 23.0 Å². The highest BCUT2D eigenvalue weighted by Gasteiger charge is 2.16. The summed E-state index contributed by atoms with van der Waals surface area (Å²) in [6.45, 7) is -0.236. The molecule has 0 spiro atoms. The molecule has 0 N–H and O–H groups in total. The van der Waals surface area contributed by atoms with E-state index in [1.54, 1.807) is 30.5 Å². The van der Waals surface area contributed by atoms with Gasteiger partial charge in [-0.05, 0) is 41.5 Å². The Morgan fingerprint density at radius 3 is 2.62 bits per heavy atom. The molecule has 0 saturated heterocycles. The SMILES string of the molecule is O=c1c2ccccc2ncn1Cc1c(F)cc(-c2cnc3c(c2)C=CC3)cc1F. The summed E-state index contributed by atoms with van der Waals surface area (Å²) < 4.78 is 30.8. The van der Waals surface area contributed by atoms with Crippen molar-refractivity contribution >= 4 is 17.0 Å². The van der Waals surface area contributed by atoms with Crippen LogP contribution < -0.4 is 5.56 Å². The van der Waals surface area contributed by atoms with Gasteiger partial charge in [-0.25, -0.2) is 13.8 Å². The smallest absolute Gasteiger partial charge is 0.261 e. The predicted molar refractivity (Wildman–Crippen MR) is 107 cm³/mol. The van der Waals surface area contributed by atoms with Crippen LogP contribution in [0.15, 0.2) is 65.9 Å². The number of pyridine rings is 1. The lowest BCUT2D eigenvalue weighted by Crippen LogP contribution is -2.22. The second-order valence-corrected chi connectivity index (χ2v) is 6.98. The maximum Gasteiger partial charge on any atom is 0.261 e. The lowest BCUT2D eigenvalue weighted by atomic mass is 10.0. The van der Waals surface area contributed by atoms with Crippen LogP contribution in [-0.2, 0) is 13.0 Å². The largest absolute Gasteiger partial charge is 0.294 e. The highest BCUT2D eigenvalue weighted by Crippen LogP contribution is 2.28. The summed E-state index contributed by atoms with van der Waals surface area (Å²) in [5.41, 5.74) is 2.99. The molecule has 0 aliphatic heterocycles. The summed E-state index contributed by atoms with van der Waals surface area (Å²) in [5, 5.41) is 0.407. The van der Waals surface area contributed by atoms with Crippen LogP contribution in [-0.4, -0.2) is 14.5 Å². The molecular formula is C23H15F2N3O. The van der Waals surface area contributed by atoms with Gasteiger partial charge in [-0.3, -0.25) is 14.3 Å². The van der Waals surface area contributed by atoms with Crippen LogP contribution in [0.25, 0.3) is 28.1 Å². The van der Waals surface area contributed by atoms with Gasteiger partial charge in [0.15, 0.2) is 0 Å². The van der Waals surface area contributed by atoms with Crippen molar-refractivity contribution in [2.45, 2.75) is 13.0 Å². The molecule has 142 valence electrons. The Labute approximate surface area is 164 Å². The van der Waals surface area contributed by atoms with Crippen molar-refractivity contribution in [1.82, 2.24) is 14.5 Å². The molecule has 0 radical (unpaired) electrons. The lowest BCUT2D eigenvalue weighted by Gasteiger charge is -2.11. The Hall–Kier alpha value is -3.67. The van der Waals surface area contributed by atoms with Crippen molar-refractivity contribution in [2.24, 2.45) is 0 Å². The third-order valence-electron chi connectivity index (χ3n) is 5.15. The van der Waals surface area contributed by atoms with Gasteiger partial charge in [-0.1, -0.05) is 24.3 Å².